The standard InChI is InChI=1S/C20H26N6/c1-15-21-8-7-19(22-15)25-11-9-24(10-12-25)16-5-6-18-23-17(20(2,3)4)14-26(18)13-16/h5-8,13-14H,9-12H2,1-4H3. The van der Waals surface area contributed by atoms with E-state index in [0.717, 1.165) is 49.2 Å². The van der Waals surface area contributed by atoms with Crippen molar-refractivity contribution in [2.45, 2.75) is 33.1 Å². The minimum Gasteiger partial charge on any atom is -0.367 e. The minimum atomic E-state index is 0.0630. The van der Waals surface area contributed by atoms with Crippen LogP contribution in [-0.4, -0.2) is 45.5 Å². The van der Waals surface area contributed by atoms with Crippen molar-refractivity contribution in [2.75, 3.05) is 36.0 Å². The third-order valence-corrected chi connectivity index (χ3v) is 4.93. The lowest BCUT2D eigenvalue weighted by molar-refractivity contribution is 0.573. The molecule has 4 rings (SSSR count). The largest absolute Gasteiger partial charge is 0.367 e. The number of nitrogens with zero attached hydrogens (tertiary/aromatic N) is 6. The van der Waals surface area contributed by atoms with E-state index >= 15 is 0 Å². The molecule has 3 aromatic heterocycles. The molecule has 3 aromatic rings. The van der Waals surface area contributed by atoms with Crippen LogP contribution in [0, 0.1) is 6.92 Å². The molecule has 0 amide bonds. The van der Waals surface area contributed by atoms with E-state index in [1.807, 2.05) is 19.2 Å². The van der Waals surface area contributed by atoms with E-state index in [1.54, 1.807) is 0 Å². The lowest BCUT2D eigenvalue weighted by atomic mass is 9.93. The molecule has 0 aliphatic carbocycles. The van der Waals surface area contributed by atoms with E-state index in [0.29, 0.717) is 0 Å². The maximum atomic E-state index is 4.75. The highest BCUT2D eigenvalue weighted by atomic mass is 15.3. The van der Waals surface area contributed by atoms with Gasteiger partial charge in [0.15, 0.2) is 0 Å². The molecule has 0 radical (unpaired) electrons. The molecule has 6 heteroatoms. The zero-order chi connectivity index (χ0) is 18.3. The second kappa shape index (κ2) is 6.27. The van der Waals surface area contributed by atoms with E-state index in [2.05, 4.69) is 69.5 Å². The Morgan fingerprint density at radius 2 is 1.62 bits per heavy atom. The Labute approximate surface area is 154 Å². The fourth-order valence-electron chi connectivity index (χ4n) is 3.34. The van der Waals surface area contributed by atoms with Gasteiger partial charge in [-0.05, 0) is 25.1 Å². The summed E-state index contributed by atoms with van der Waals surface area (Å²) in [6, 6.07) is 6.29. The summed E-state index contributed by atoms with van der Waals surface area (Å²) in [6.45, 7) is 12.4. The Hall–Kier alpha value is -2.63. The first-order chi connectivity index (χ1) is 12.4. The molecular weight excluding hydrogens is 324 g/mol. The number of rotatable bonds is 2. The summed E-state index contributed by atoms with van der Waals surface area (Å²) in [5.74, 6) is 1.85. The van der Waals surface area contributed by atoms with Gasteiger partial charge in [0, 0.05) is 50.2 Å². The van der Waals surface area contributed by atoms with E-state index in [4.69, 9.17) is 4.98 Å². The zero-order valence-corrected chi connectivity index (χ0v) is 16.0. The summed E-state index contributed by atoms with van der Waals surface area (Å²) in [7, 11) is 0. The fraction of sp³-hybridized carbons (Fsp3) is 0.450. The molecule has 1 fully saturated rings. The molecule has 0 N–H and O–H groups in total. The number of aryl methyl sites for hydroxylation is 1. The van der Waals surface area contributed by atoms with Gasteiger partial charge < -0.3 is 14.2 Å². The quantitative estimate of drug-likeness (QED) is 0.711. The lowest BCUT2D eigenvalue weighted by Gasteiger charge is -2.36. The smallest absolute Gasteiger partial charge is 0.137 e. The van der Waals surface area contributed by atoms with Gasteiger partial charge in [0.1, 0.15) is 17.3 Å². The van der Waals surface area contributed by atoms with Crippen LogP contribution in [0.5, 0.6) is 0 Å². The summed E-state index contributed by atoms with van der Waals surface area (Å²) in [4.78, 5) is 18.2. The van der Waals surface area contributed by atoms with E-state index in [1.165, 1.54) is 5.69 Å². The average molecular weight is 350 g/mol. The maximum Gasteiger partial charge on any atom is 0.137 e. The molecule has 1 aliphatic heterocycles. The van der Waals surface area contributed by atoms with Crippen LogP contribution < -0.4 is 9.80 Å². The topological polar surface area (TPSA) is 49.6 Å². The van der Waals surface area contributed by atoms with Crippen LogP contribution >= 0.6 is 0 Å². The Kier molecular flexibility index (Phi) is 4.05. The second-order valence-corrected chi connectivity index (χ2v) is 7.97. The van der Waals surface area contributed by atoms with Crippen molar-refractivity contribution in [1.82, 2.24) is 19.4 Å². The van der Waals surface area contributed by atoms with Gasteiger partial charge in [-0.3, -0.25) is 0 Å². The molecular formula is C20H26N6. The third kappa shape index (κ3) is 3.23. The molecule has 0 aromatic carbocycles. The first kappa shape index (κ1) is 16.8. The number of hydrogen-bond donors (Lipinski definition) is 0. The molecule has 136 valence electrons. The number of anilines is 2. The summed E-state index contributed by atoms with van der Waals surface area (Å²) in [5, 5.41) is 0. The zero-order valence-electron chi connectivity index (χ0n) is 16.0. The van der Waals surface area contributed by atoms with Gasteiger partial charge in [-0.2, -0.15) is 0 Å². The van der Waals surface area contributed by atoms with Crippen molar-refractivity contribution in [3.8, 4) is 0 Å². The molecule has 4 heterocycles. The normalized spacial score (nSPS) is 15.7. The molecule has 26 heavy (non-hydrogen) atoms. The summed E-state index contributed by atoms with van der Waals surface area (Å²) in [6.07, 6.45) is 6.19. The second-order valence-electron chi connectivity index (χ2n) is 7.97. The highest BCUT2D eigenvalue weighted by molar-refractivity contribution is 5.54. The number of aromatic nitrogens is 4. The first-order valence-corrected chi connectivity index (χ1v) is 9.19. The van der Waals surface area contributed by atoms with Crippen molar-refractivity contribution in [3.05, 3.63) is 48.3 Å². The summed E-state index contributed by atoms with van der Waals surface area (Å²) < 4.78 is 2.15. The molecule has 0 atom stereocenters. The van der Waals surface area contributed by atoms with Crippen LogP contribution in [0.3, 0.4) is 0 Å². The number of piperazine rings is 1. The Morgan fingerprint density at radius 1 is 0.885 bits per heavy atom. The SMILES string of the molecule is Cc1nccc(N2CCN(c3ccc4nc(C(C)(C)C)cn4c3)CC2)n1. The average Bonchev–Trinajstić information content (AvgIpc) is 3.05. The highest BCUT2D eigenvalue weighted by Gasteiger charge is 2.20. The molecule has 0 unspecified atom stereocenters. The molecule has 0 saturated carbocycles. The van der Waals surface area contributed by atoms with Crippen molar-refractivity contribution in [1.29, 1.82) is 0 Å². The molecule has 6 nitrogen and oxygen atoms in total. The molecule has 0 bridgehead atoms. The number of hydrogen-bond acceptors (Lipinski definition) is 5. The van der Waals surface area contributed by atoms with Gasteiger partial charge in [0.25, 0.3) is 0 Å². The summed E-state index contributed by atoms with van der Waals surface area (Å²) >= 11 is 0. The van der Waals surface area contributed by atoms with Crippen LogP contribution in [-0.2, 0) is 5.41 Å². The van der Waals surface area contributed by atoms with Crippen molar-refractivity contribution >= 4 is 17.2 Å². The molecule has 1 saturated heterocycles. The van der Waals surface area contributed by atoms with Crippen molar-refractivity contribution in [3.63, 3.8) is 0 Å². The predicted molar refractivity (Wildman–Crippen MR) is 105 cm³/mol. The van der Waals surface area contributed by atoms with Gasteiger partial charge in [0.2, 0.25) is 0 Å². The summed E-state index contributed by atoms with van der Waals surface area (Å²) in [5.41, 5.74) is 3.44. The van der Waals surface area contributed by atoms with Crippen molar-refractivity contribution < 1.29 is 0 Å². The van der Waals surface area contributed by atoms with Gasteiger partial charge in [0.05, 0.1) is 11.4 Å². The van der Waals surface area contributed by atoms with Crippen molar-refractivity contribution in [2.24, 2.45) is 0 Å². The molecule has 0 spiro atoms. The first-order valence-electron chi connectivity index (χ1n) is 9.19. The molecule has 1 aliphatic rings. The fourth-order valence-corrected chi connectivity index (χ4v) is 3.34. The lowest BCUT2D eigenvalue weighted by Crippen LogP contribution is -2.47. The van der Waals surface area contributed by atoms with Crippen LogP contribution in [0.1, 0.15) is 32.3 Å². The monoisotopic (exact) mass is 350 g/mol. The predicted octanol–water partition coefficient (Wildman–Crippen LogP) is 3.06. The van der Waals surface area contributed by atoms with Gasteiger partial charge >= 0.3 is 0 Å². The maximum absolute atomic E-state index is 4.75. The van der Waals surface area contributed by atoms with Crippen LogP contribution in [0.25, 0.3) is 5.65 Å². The van der Waals surface area contributed by atoms with E-state index < -0.39 is 0 Å². The number of pyridine rings is 1. The third-order valence-electron chi connectivity index (χ3n) is 4.93. The van der Waals surface area contributed by atoms with Crippen LogP contribution in [0.15, 0.2) is 36.8 Å². The number of imidazole rings is 1. The Balaban J connectivity index is 1.50. The Morgan fingerprint density at radius 3 is 2.31 bits per heavy atom. The van der Waals surface area contributed by atoms with Crippen LogP contribution in [0.4, 0.5) is 11.5 Å². The highest BCUT2D eigenvalue weighted by Crippen LogP contribution is 2.24. The number of fused-ring (bicyclic) bond motifs is 1. The Bertz CT molecular complexity index is 915. The van der Waals surface area contributed by atoms with Crippen LogP contribution in [0.2, 0.25) is 0 Å². The van der Waals surface area contributed by atoms with Gasteiger partial charge in [-0.15, -0.1) is 0 Å². The minimum absolute atomic E-state index is 0.0630. The van der Waals surface area contributed by atoms with E-state index in [9.17, 15) is 0 Å². The van der Waals surface area contributed by atoms with Gasteiger partial charge in [-0.1, -0.05) is 20.8 Å². The van der Waals surface area contributed by atoms with Gasteiger partial charge in [-0.25, -0.2) is 15.0 Å². The van der Waals surface area contributed by atoms with E-state index in [-0.39, 0.29) is 5.41 Å².